The van der Waals surface area contributed by atoms with Crippen LogP contribution in [0.4, 0.5) is 11.6 Å². The number of rotatable bonds is 7. The summed E-state index contributed by atoms with van der Waals surface area (Å²) in [4.78, 5) is 7.20. The Morgan fingerprint density at radius 3 is 2.96 bits per heavy atom. The molecule has 0 saturated carbocycles. The van der Waals surface area contributed by atoms with E-state index in [9.17, 15) is 5.26 Å². The molecule has 2 aliphatic rings. The second kappa shape index (κ2) is 8.63. The minimum Gasteiger partial charge on any atom is -0.467 e. The van der Waals surface area contributed by atoms with Gasteiger partial charge in [-0.2, -0.15) is 5.26 Å². The molecule has 2 aliphatic heterocycles. The van der Waals surface area contributed by atoms with Crippen molar-refractivity contribution >= 4 is 11.6 Å². The Balaban J connectivity index is 1.63. The normalized spacial score (nSPS) is 19.2. The topological polar surface area (TPSA) is 86.4 Å². The van der Waals surface area contributed by atoms with Gasteiger partial charge in [-0.1, -0.05) is 6.92 Å². The van der Waals surface area contributed by atoms with Gasteiger partial charge in [0, 0.05) is 31.8 Å². The van der Waals surface area contributed by atoms with E-state index >= 15 is 0 Å². The summed E-state index contributed by atoms with van der Waals surface area (Å²) in [6.45, 7) is 6.98. The van der Waals surface area contributed by atoms with E-state index in [4.69, 9.17) is 14.1 Å². The van der Waals surface area contributed by atoms with E-state index in [1.807, 2.05) is 12.1 Å². The van der Waals surface area contributed by atoms with Crippen LogP contribution >= 0.6 is 0 Å². The molecule has 2 aromatic heterocycles. The fourth-order valence-corrected chi connectivity index (χ4v) is 3.96. The number of hydrogen-bond donors (Lipinski definition) is 2. The van der Waals surface area contributed by atoms with Gasteiger partial charge in [-0.05, 0) is 43.5 Å². The summed E-state index contributed by atoms with van der Waals surface area (Å²) in [5, 5.41) is 16.7. The Hall–Kier alpha value is -2.56. The highest BCUT2D eigenvalue weighted by Crippen LogP contribution is 2.32. The van der Waals surface area contributed by atoms with E-state index in [0.717, 1.165) is 68.2 Å². The highest BCUT2D eigenvalue weighted by atomic mass is 16.5. The van der Waals surface area contributed by atoms with Crippen LogP contribution in [0.1, 0.15) is 42.2 Å². The Morgan fingerprint density at radius 1 is 1.32 bits per heavy atom. The van der Waals surface area contributed by atoms with E-state index in [2.05, 4.69) is 28.5 Å². The van der Waals surface area contributed by atoms with Gasteiger partial charge in [-0.25, -0.2) is 4.98 Å². The van der Waals surface area contributed by atoms with Crippen LogP contribution in [0, 0.1) is 11.3 Å². The molecule has 7 heteroatoms. The number of ether oxygens (including phenoxy) is 1. The van der Waals surface area contributed by atoms with E-state index in [0.29, 0.717) is 24.5 Å². The summed E-state index contributed by atoms with van der Waals surface area (Å²) < 4.78 is 11.2. The number of furan rings is 1. The summed E-state index contributed by atoms with van der Waals surface area (Å²) in [5.74, 6) is 2.35. The fourth-order valence-electron chi connectivity index (χ4n) is 3.96. The molecular weight excluding hydrogens is 354 g/mol. The van der Waals surface area contributed by atoms with Crippen LogP contribution < -0.4 is 10.6 Å². The van der Waals surface area contributed by atoms with Crippen molar-refractivity contribution in [2.45, 2.75) is 45.4 Å². The number of nitrogens with zero attached hydrogens (tertiary/aromatic N) is 3. The second-order valence-corrected chi connectivity index (χ2v) is 7.32. The predicted molar refractivity (Wildman–Crippen MR) is 107 cm³/mol. The lowest BCUT2D eigenvalue weighted by Crippen LogP contribution is -2.32. The summed E-state index contributed by atoms with van der Waals surface area (Å²) in [6, 6.07) is 6.22. The first-order chi connectivity index (χ1) is 13.8. The van der Waals surface area contributed by atoms with Gasteiger partial charge in [0.15, 0.2) is 0 Å². The molecule has 2 aromatic rings. The van der Waals surface area contributed by atoms with Crippen LogP contribution in [0.25, 0.3) is 0 Å². The number of hydrogen-bond acceptors (Lipinski definition) is 7. The van der Waals surface area contributed by atoms with Gasteiger partial charge < -0.3 is 19.8 Å². The van der Waals surface area contributed by atoms with Crippen molar-refractivity contribution in [3.05, 3.63) is 40.8 Å². The van der Waals surface area contributed by atoms with Gasteiger partial charge in [0.1, 0.15) is 23.5 Å². The maximum Gasteiger partial charge on any atom is 0.146 e. The maximum absolute atomic E-state index is 9.85. The quantitative estimate of drug-likeness (QED) is 0.762. The maximum atomic E-state index is 9.85. The van der Waals surface area contributed by atoms with E-state index in [1.165, 1.54) is 0 Å². The molecule has 1 unspecified atom stereocenters. The molecule has 1 atom stereocenters. The Morgan fingerprint density at radius 2 is 2.25 bits per heavy atom. The number of nitrogens with one attached hydrogen (secondary N) is 2. The first kappa shape index (κ1) is 18.8. The van der Waals surface area contributed by atoms with E-state index < -0.39 is 0 Å². The molecule has 0 amide bonds. The fraction of sp³-hybridized carbons (Fsp3) is 0.524. The van der Waals surface area contributed by atoms with Gasteiger partial charge >= 0.3 is 0 Å². The molecule has 0 bridgehead atoms. The van der Waals surface area contributed by atoms with Crippen molar-refractivity contribution in [1.82, 2.24) is 9.88 Å². The minimum absolute atomic E-state index is 0.194. The molecule has 148 valence electrons. The summed E-state index contributed by atoms with van der Waals surface area (Å²) in [5.41, 5.74) is 2.91. The number of nitriles is 1. The standard InChI is InChI=1S/C21H27N5O2/c1-2-26-8-7-17-18(11-22)20(23-12-15-5-3-9-27-15)25-21(19(17)14-26)24-13-16-6-4-10-28-16/h4,6,10,15H,2-3,5,7-9,12-14H2,1H3,(H2,23,24,25). The van der Waals surface area contributed by atoms with E-state index in [1.54, 1.807) is 6.26 Å². The van der Waals surface area contributed by atoms with Crippen LogP contribution in [-0.2, 0) is 24.2 Å². The molecular formula is C21H27N5O2. The smallest absolute Gasteiger partial charge is 0.146 e. The van der Waals surface area contributed by atoms with Gasteiger partial charge in [0.25, 0.3) is 0 Å². The van der Waals surface area contributed by atoms with Crippen molar-refractivity contribution in [1.29, 1.82) is 5.26 Å². The number of anilines is 2. The lowest BCUT2D eigenvalue weighted by Gasteiger charge is -2.30. The Bertz CT molecular complexity index is 837. The lowest BCUT2D eigenvalue weighted by atomic mass is 9.95. The Kier molecular flexibility index (Phi) is 5.79. The molecule has 28 heavy (non-hydrogen) atoms. The average Bonchev–Trinajstić information content (AvgIpc) is 3.43. The monoisotopic (exact) mass is 381 g/mol. The Labute approximate surface area is 165 Å². The summed E-state index contributed by atoms with van der Waals surface area (Å²) >= 11 is 0. The van der Waals surface area contributed by atoms with Gasteiger partial charge in [-0.15, -0.1) is 0 Å². The minimum atomic E-state index is 0.194. The van der Waals surface area contributed by atoms with Crippen molar-refractivity contribution < 1.29 is 9.15 Å². The van der Waals surface area contributed by atoms with Crippen molar-refractivity contribution in [3.8, 4) is 6.07 Å². The third-order valence-corrected chi connectivity index (χ3v) is 5.56. The highest BCUT2D eigenvalue weighted by molar-refractivity contribution is 5.66. The molecule has 4 rings (SSSR count). The SMILES string of the molecule is CCN1CCc2c(C#N)c(NCC3CCCO3)nc(NCc3ccco3)c2C1. The molecule has 0 spiro atoms. The van der Waals surface area contributed by atoms with E-state index in [-0.39, 0.29) is 6.10 Å². The second-order valence-electron chi connectivity index (χ2n) is 7.32. The molecule has 0 aromatic carbocycles. The first-order valence-electron chi connectivity index (χ1n) is 10.1. The molecule has 1 fully saturated rings. The van der Waals surface area contributed by atoms with Crippen molar-refractivity contribution in [2.75, 3.05) is 36.9 Å². The van der Waals surface area contributed by atoms with Crippen LogP contribution in [-0.4, -0.2) is 42.2 Å². The predicted octanol–water partition coefficient (Wildman–Crippen LogP) is 3.13. The zero-order chi connectivity index (χ0) is 19.3. The zero-order valence-corrected chi connectivity index (χ0v) is 16.3. The van der Waals surface area contributed by atoms with Crippen LogP contribution in [0.2, 0.25) is 0 Å². The van der Waals surface area contributed by atoms with Gasteiger partial charge in [0.2, 0.25) is 0 Å². The number of fused-ring (bicyclic) bond motifs is 1. The van der Waals surface area contributed by atoms with Gasteiger partial charge in [0.05, 0.1) is 24.5 Å². The molecule has 0 aliphatic carbocycles. The zero-order valence-electron chi connectivity index (χ0n) is 16.3. The largest absolute Gasteiger partial charge is 0.467 e. The van der Waals surface area contributed by atoms with Gasteiger partial charge in [-0.3, -0.25) is 4.90 Å². The highest BCUT2D eigenvalue weighted by Gasteiger charge is 2.26. The summed E-state index contributed by atoms with van der Waals surface area (Å²) in [6.07, 6.45) is 4.87. The molecule has 7 nitrogen and oxygen atoms in total. The van der Waals surface area contributed by atoms with Crippen molar-refractivity contribution in [3.63, 3.8) is 0 Å². The first-order valence-corrected chi connectivity index (χ1v) is 10.1. The third-order valence-electron chi connectivity index (χ3n) is 5.56. The van der Waals surface area contributed by atoms with Crippen molar-refractivity contribution in [2.24, 2.45) is 0 Å². The van der Waals surface area contributed by atoms with Crippen LogP contribution in [0.5, 0.6) is 0 Å². The number of likely N-dealkylation sites (N-methyl/N-ethyl adjacent to an activating group) is 1. The molecule has 0 radical (unpaired) electrons. The molecule has 4 heterocycles. The van der Waals surface area contributed by atoms with Crippen LogP contribution in [0.3, 0.4) is 0 Å². The molecule has 2 N–H and O–H groups in total. The number of pyridine rings is 1. The third kappa shape index (κ3) is 3.98. The lowest BCUT2D eigenvalue weighted by molar-refractivity contribution is 0.120. The van der Waals surface area contributed by atoms with Crippen LogP contribution in [0.15, 0.2) is 22.8 Å². The summed E-state index contributed by atoms with van der Waals surface area (Å²) in [7, 11) is 0. The average molecular weight is 381 g/mol. The molecule has 1 saturated heterocycles. The number of aromatic nitrogens is 1.